The lowest BCUT2D eigenvalue weighted by Gasteiger charge is -2.29. The number of aromatic nitrogens is 2. The van der Waals surface area contributed by atoms with Crippen LogP contribution >= 0.6 is 0 Å². The molecule has 0 spiro atoms. The number of nitrogens with one attached hydrogen (secondary N) is 2. The Hall–Kier alpha value is -2.88. The van der Waals surface area contributed by atoms with Gasteiger partial charge in [0.25, 0.3) is 0 Å². The van der Waals surface area contributed by atoms with Gasteiger partial charge in [0.2, 0.25) is 11.9 Å². The van der Waals surface area contributed by atoms with Crippen LogP contribution in [0, 0.1) is 0 Å². The van der Waals surface area contributed by atoms with Gasteiger partial charge in [0.1, 0.15) is 11.4 Å². The number of fused-ring (bicyclic) bond motifs is 1. The smallest absolute Gasteiger partial charge is 0.367 e. The highest BCUT2D eigenvalue weighted by Crippen LogP contribution is 2.36. The number of carbonyl (C=O) groups is 1. The number of benzene rings is 1. The second-order valence-corrected chi connectivity index (χ2v) is 7.58. The highest BCUT2D eigenvalue weighted by atomic mass is 19.4. The van der Waals surface area contributed by atoms with Gasteiger partial charge >= 0.3 is 6.18 Å². The van der Waals surface area contributed by atoms with Gasteiger partial charge < -0.3 is 21.3 Å². The van der Waals surface area contributed by atoms with E-state index in [0.717, 1.165) is 30.2 Å². The van der Waals surface area contributed by atoms with Crippen LogP contribution in [0.4, 0.5) is 30.6 Å². The maximum absolute atomic E-state index is 13.2. The van der Waals surface area contributed by atoms with E-state index in [2.05, 4.69) is 20.6 Å². The van der Waals surface area contributed by atoms with Crippen molar-refractivity contribution in [3.8, 4) is 0 Å². The summed E-state index contributed by atoms with van der Waals surface area (Å²) in [5.74, 6) is -0.0598. The summed E-state index contributed by atoms with van der Waals surface area (Å²) in [4.78, 5) is 21.8. The average Bonchev–Trinajstić information content (AvgIpc) is 3.51. The molecule has 1 aliphatic carbocycles. The van der Waals surface area contributed by atoms with Gasteiger partial charge in [0, 0.05) is 44.0 Å². The molecule has 1 amide bonds. The van der Waals surface area contributed by atoms with Crippen molar-refractivity contribution in [2.75, 3.05) is 23.7 Å². The van der Waals surface area contributed by atoms with Crippen LogP contribution in [-0.2, 0) is 23.9 Å². The zero-order valence-electron chi connectivity index (χ0n) is 16.3. The summed E-state index contributed by atoms with van der Waals surface area (Å²) in [6.07, 6.45) is -1.02. The molecule has 30 heavy (non-hydrogen) atoms. The lowest BCUT2D eigenvalue weighted by molar-refractivity contribution is -0.137. The molecular weight excluding hydrogens is 397 g/mol. The number of amides is 1. The molecule has 4 rings (SSSR count). The number of nitrogens with zero attached hydrogens (tertiary/aromatic N) is 3. The third-order valence-electron chi connectivity index (χ3n) is 5.20. The number of halogens is 3. The lowest BCUT2D eigenvalue weighted by atomic mass is 9.98. The molecule has 1 aliphatic heterocycles. The van der Waals surface area contributed by atoms with Crippen LogP contribution in [0.3, 0.4) is 0 Å². The molecule has 4 N–H and O–H groups in total. The first kappa shape index (κ1) is 20.4. The van der Waals surface area contributed by atoms with Crippen molar-refractivity contribution in [2.45, 2.75) is 44.4 Å². The fourth-order valence-corrected chi connectivity index (χ4v) is 3.43. The van der Waals surface area contributed by atoms with Crippen molar-refractivity contribution in [1.82, 2.24) is 14.9 Å². The summed E-state index contributed by atoms with van der Waals surface area (Å²) >= 11 is 0. The van der Waals surface area contributed by atoms with E-state index in [1.54, 1.807) is 4.90 Å². The molecular formula is C20H23F3N6O. The van der Waals surface area contributed by atoms with Gasteiger partial charge in [-0.25, -0.2) is 4.98 Å². The Kier molecular flexibility index (Phi) is 5.50. The zero-order valence-corrected chi connectivity index (χ0v) is 16.3. The van der Waals surface area contributed by atoms with Gasteiger partial charge in [-0.2, -0.15) is 18.2 Å². The molecule has 1 fully saturated rings. The van der Waals surface area contributed by atoms with Gasteiger partial charge in [-0.3, -0.25) is 4.79 Å². The number of rotatable bonds is 6. The first-order valence-corrected chi connectivity index (χ1v) is 9.91. The van der Waals surface area contributed by atoms with Crippen molar-refractivity contribution in [3.05, 3.63) is 41.1 Å². The van der Waals surface area contributed by atoms with Gasteiger partial charge in [-0.05, 0) is 42.5 Å². The maximum atomic E-state index is 13.2. The van der Waals surface area contributed by atoms with Crippen LogP contribution in [0.15, 0.2) is 24.4 Å². The average molecular weight is 420 g/mol. The van der Waals surface area contributed by atoms with Crippen LogP contribution < -0.4 is 16.4 Å². The largest absolute Gasteiger partial charge is 0.421 e. The van der Waals surface area contributed by atoms with E-state index >= 15 is 0 Å². The molecule has 0 atom stereocenters. The molecule has 1 aromatic heterocycles. The van der Waals surface area contributed by atoms with E-state index in [1.807, 2.05) is 18.2 Å². The van der Waals surface area contributed by atoms with Crippen molar-refractivity contribution < 1.29 is 18.0 Å². The van der Waals surface area contributed by atoms with Gasteiger partial charge in [-0.1, -0.05) is 6.07 Å². The van der Waals surface area contributed by atoms with E-state index in [-0.39, 0.29) is 23.7 Å². The van der Waals surface area contributed by atoms with Crippen LogP contribution in [-0.4, -0.2) is 39.9 Å². The normalized spacial score (nSPS) is 16.2. The first-order valence-electron chi connectivity index (χ1n) is 9.91. The van der Waals surface area contributed by atoms with Crippen LogP contribution in [0.2, 0.25) is 0 Å². The SMILES string of the molecule is NCCC(=O)N1CCc2cc(Nc3ncc(C(F)(F)F)c(NC4CC4)n3)ccc2C1. The monoisotopic (exact) mass is 420 g/mol. The maximum Gasteiger partial charge on any atom is 0.421 e. The highest BCUT2D eigenvalue weighted by Gasteiger charge is 2.37. The van der Waals surface area contributed by atoms with E-state index in [9.17, 15) is 18.0 Å². The van der Waals surface area contributed by atoms with Gasteiger partial charge in [0.15, 0.2) is 0 Å². The standard InChI is InChI=1S/C20H23F3N6O/c21-20(22,23)16-10-25-19(28-18(16)26-14-3-4-14)27-15-2-1-13-11-29(17(30)5-7-24)8-6-12(13)9-15/h1-2,9-10,14H,3-8,11,24H2,(H2,25,26,27,28). The molecule has 1 aromatic carbocycles. The fraction of sp³-hybridized carbons (Fsp3) is 0.450. The molecule has 2 aliphatic rings. The number of anilines is 3. The Balaban J connectivity index is 1.50. The van der Waals surface area contributed by atoms with Crippen molar-refractivity contribution in [3.63, 3.8) is 0 Å². The molecule has 7 nitrogen and oxygen atoms in total. The molecule has 0 unspecified atom stereocenters. The Labute approximate surface area is 171 Å². The molecule has 2 heterocycles. The predicted octanol–water partition coefficient (Wildman–Crippen LogP) is 3.05. The quantitative estimate of drug-likeness (QED) is 0.665. The Morgan fingerprint density at radius 3 is 2.77 bits per heavy atom. The summed E-state index contributed by atoms with van der Waals surface area (Å²) in [5, 5.41) is 5.83. The molecule has 160 valence electrons. The number of hydrogen-bond acceptors (Lipinski definition) is 6. The topological polar surface area (TPSA) is 96.2 Å². The minimum absolute atomic E-state index is 0.0301. The minimum atomic E-state index is -4.52. The summed E-state index contributed by atoms with van der Waals surface area (Å²) < 4.78 is 39.7. The van der Waals surface area contributed by atoms with Gasteiger partial charge in [0.05, 0.1) is 0 Å². The molecule has 0 bridgehead atoms. The number of hydrogen-bond donors (Lipinski definition) is 3. The Bertz CT molecular complexity index is 945. The Morgan fingerprint density at radius 1 is 1.27 bits per heavy atom. The third kappa shape index (κ3) is 4.64. The van der Waals surface area contributed by atoms with Gasteiger partial charge in [-0.15, -0.1) is 0 Å². The first-order chi connectivity index (χ1) is 14.3. The van der Waals surface area contributed by atoms with Crippen LogP contribution in [0.1, 0.15) is 36.0 Å². The van der Waals surface area contributed by atoms with E-state index in [4.69, 9.17) is 5.73 Å². The molecule has 2 aromatic rings. The third-order valence-corrected chi connectivity index (χ3v) is 5.20. The van der Waals surface area contributed by atoms with Crippen LogP contribution in [0.5, 0.6) is 0 Å². The van der Waals surface area contributed by atoms with E-state index in [1.165, 1.54) is 0 Å². The zero-order chi connectivity index (χ0) is 21.3. The molecule has 10 heteroatoms. The number of nitrogens with two attached hydrogens (primary N) is 1. The summed E-state index contributed by atoms with van der Waals surface area (Å²) in [5.41, 5.74) is 7.41. The van der Waals surface area contributed by atoms with Crippen molar-refractivity contribution in [1.29, 1.82) is 0 Å². The molecule has 1 saturated carbocycles. The summed E-state index contributed by atoms with van der Waals surface area (Å²) in [6, 6.07) is 5.68. The second kappa shape index (κ2) is 8.10. The molecule has 0 radical (unpaired) electrons. The predicted molar refractivity (Wildman–Crippen MR) is 106 cm³/mol. The van der Waals surface area contributed by atoms with Crippen LogP contribution in [0.25, 0.3) is 0 Å². The molecule has 0 saturated heterocycles. The second-order valence-electron chi connectivity index (χ2n) is 7.58. The van der Waals surface area contributed by atoms with Crippen molar-refractivity contribution >= 4 is 23.4 Å². The minimum Gasteiger partial charge on any atom is -0.367 e. The summed E-state index contributed by atoms with van der Waals surface area (Å²) in [7, 11) is 0. The summed E-state index contributed by atoms with van der Waals surface area (Å²) in [6.45, 7) is 1.47. The fourth-order valence-electron chi connectivity index (χ4n) is 3.43. The van der Waals surface area contributed by atoms with Crippen molar-refractivity contribution in [2.24, 2.45) is 5.73 Å². The Morgan fingerprint density at radius 2 is 2.07 bits per heavy atom. The highest BCUT2D eigenvalue weighted by molar-refractivity contribution is 5.76. The lowest BCUT2D eigenvalue weighted by Crippen LogP contribution is -2.36. The number of carbonyl (C=O) groups excluding carboxylic acids is 1. The van der Waals surface area contributed by atoms with E-state index < -0.39 is 11.7 Å². The number of alkyl halides is 3. The van der Waals surface area contributed by atoms with E-state index in [0.29, 0.717) is 38.2 Å².